The van der Waals surface area contributed by atoms with Crippen molar-refractivity contribution in [1.82, 2.24) is 4.98 Å². The first kappa shape index (κ1) is 16.3. The van der Waals surface area contributed by atoms with Gasteiger partial charge in [-0.05, 0) is 30.2 Å². The lowest BCUT2D eigenvalue weighted by Gasteiger charge is -2.28. The predicted molar refractivity (Wildman–Crippen MR) is 81.1 cm³/mol. The lowest BCUT2D eigenvalue weighted by molar-refractivity contribution is -0.138. The first-order chi connectivity index (χ1) is 11.4. The predicted octanol–water partition coefficient (Wildman–Crippen LogP) is 3.28. The third kappa shape index (κ3) is 3.05. The van der Waals surface area contributed by atoms with Crippen molar-refractivity contribution < 1.29 is 18.3 Å². The average Bonchev–Trinajstić information content (AvgIpc) is 2.96. The molecule has 1 aliphatic heterocycles. The maximum atomic E-state index is 13.3. The Morgan fingerprint density at radius 3 is 2.71 bits per heavy atom. The van der Waals surface area contributed by atoms with Gasteiger partial charge in [-0.1, -0.05) is 18.2 Å². The number of β-amino-alcohol motifs (C(OH)–C–C–N with tert-alkyl or cyclic N) is 1. The van der Waals surface area contributed by atoms with Crippen LogP contribution in [-0.4, -0.2) is 22.7 Å². The zero-order chi connectivity index (χ0) is 17.3. The lowest BCUT2D eigenvalue weighted by atomic mass is 9.97. The molecule has 0 bridgehead atoms. The van der Waals surface area contributed by atoms with Crippen LogP contribution in [0.1, 0.15) is 29.3 Å². The number of benzene rings is 1. The number of alkyl halides is 3. The Kier molecular flexibility index (Phi) is 4.16. The van der Waals surface area contributed by atoms with Crippen LogP contribution in [0.25, 0.3) is 0 Å². The molecule has 124 valence electrons. The molecule has 2 atom stereocenters. The molecule has 1 aliphatic rings. The van der Waals surface area contributed by atoms with Gasteiger partial charge in [0.05, 0.1) is 17.7 Å². The number of anilines is 1. The minimum Gasteiger partial charge on any atom is -0.391 e. The highest BCUT2D eigenvalue weighted by Crippen LogP contribution is 2.42. The largest absolute Gasteiger partial charge is 0.416 e. The van der Waals surface area contributed by atoms with E-state index in [-0.39, 0.29) is 24.2 Å². The summed E-state index contributed by atoms with van der Waals surface area (Å²) < 4.78 is 39.9. The summed E-state index contributed by atoms with van der Waals surface area (Å²) >= 11 is 0. The number of aliphatic hydroxyl groups is 1. The number of aliphatic hydroxyl groups excluding tert-OH is 1. The van der Waals surface area contributed by atoms with E-state index in [0.29, 0.717) is 5.69 Å². The molecule has 0 aliphatic carbocycles. The molecule has 0 radical (unpaired) electrons. The van der Waals surface area contributed by atoms with E-state index in [1.54, 1.807) is 17.0 Å². The van der Waals surface area contributed by atoms with Crippen molar-refractivity contribution in [2.45, 2.75) is 24.7 Å². The first-order valence-corrected chi connectivity index (χ1v) is 7.37. The normalized spacial score (nSPS) is 20.9. The summed E-state index contributed by atoms with van der Waals surface area (Å²) in [6.45, 7) is 0.200. The molecule has 1 aromatic heterocycles. The molecule has 7 heteroatoms. The van der Waals surface area contributed by atoms with E-state index >= 15 is 0 Å². The summed E-state index contributed by atoms with van der Waals surface area (Å²) in [5.74, 6) is 0. The second kappa shape index (κ2) is 6.13. The van der Waals surface area contributed by atoms with Gasteiger partial charge in [0, 0.05) is 18.4 Å². The zero-order valence-corrected chi connectivity index (χ0v) is 12.5. The van der Waals surface area contributed by atoms with Crippen molar-refractivity contribution in [3.63, 3.8) is 0 Å². The van der Waals surface area contributed by atoms with Gasteiger partial charge < -0.3 is 10.0 Å². The Labute approximate surface area is 136 Å². The van der Waals surface area contributed by atoms with Gasteiger partial charge in [-0.15, -0.1) is 0 Å². The Balaban J connectivity index is 2.05. The van der Waals surface area contributed by atoms with Crippen molar-refractivity contribution in [1.29, 1.82) is 5.26 Å². The minimum atomic E-state index is -4.47. The summed E-state index contributed by atoms with van der Waals surface area (Å²) in [5.41, 5.74) is 0.164. The highest BCUT2D eigenvalue weighted by Gasteiger charge is 2.39. The standard InChI is InChI=1S/C17H14F3N3O/c18-17(19,20)15-4-2-1-3-14(15)16-8-13(24)10-23(16)12-5-6-22-11(7-12)9-21/h1-7,13,16,24H,8,10H2/t13-,16-/m1/s1. The number of rotatable bonds is 2. The Morgan fingerprint density at radius 2 is 2.00 bits per heavy atom. The molecule has 1 N–H and O–H groups in total. The van der Waals surface area contributed by atoms with Crippen LogP contribution in [0.15, 0.2) is 42.6 Å². The average molecular weight is 333 g/mol. The van der Waals surface area contributed by atoms with E-state index in [2.05, 4.69) is 4.98 Å². The van der Waals surface area contributed by atoms with Gasteiger partial charge in [0.1, 0.15) is 11.8 Å². The Bertz CT molecular complexity index is 785. The summed E-state index contributed by atoms with van der Waals surface area (Å²) in [6, 6.07) is 9.82. The number of hydrogen-bond acceptors (Lipinski definition) is 4. The molecular weight excluding hydrogens is 319 g/mol. The molecular formula is C17H14F3N3O. The maximum Gasteiger partial charge on any atom is 0.416 e. The number of hydrogen-bond donors (Lipinski definition) is 1. The summed E-state index contributed by atoms with van der Waals surface area (Å²) in [4.78, 5) is 5.56. The fraction of sp³-hybridized carbons (Fsp3) is 0.294. The molecule has 2 aromatic rings. The topological polar surface area (TPSA) is 60.2 Å². The van der Waals surface area contributed by atoms with E-state index in [1.165, 1.54) is 24.4 Å². The Morgan fingerprint density at radius 1 is 1.25 bits per heavy atom. The van der Waals surface area contributed by atoms with Crippen molar-refractivity contribution in [3.05, 3.63) is 59.4 Å². The number of halogens is 3. The van der Waals surface area contributed by atoms with Crippen LogP contribution >= 0.6 is 0 Å². The van der Waals surface area contributed by atoms with Gasteiger partial charge in [0.15, 0.2) is 0 Å². The summed E-state index contributed by atoms with van der Waals surface area (Å²) in [7, 11) is 0. The van der Waals surface area contributed by atoms with Gasteiger partial charge >= 0.3 is 6.18 Å². The maximum absolute atomic E-state index is 13.3. The lowest BCUT2D eigenvalue weighted by Crippen LogP contribution is -2.26. The van der Waals surface area contributed by atoms with E-state index < -0.39 is 23.9 Å². The second-order valence-electron chi connectivity index (χ2n) is 5.65. The van der Waals surface area contributed by atoms with Gasteiger partial charge in [-0.25, -0.2) is 4.98 Å². The zero-order valence-electron chi connectivity index (χ0n) is 12.5. The van der Waals surface area contributed by atoms with E-state index in [9.17, 15) is 18.3 Å². The molecule has 1 aromatic carbocycles. The van der Waals surface area contributed by atoms with Crippen LogP contribution in [-0.2, 0) is 6.18 Å². The van der Waals surface area contributed by atoms with Crippen molar-refractivity contribution in [2.75, 3.05) is 11.4 Å². The highest BCUT2D eigenvalue weighted by atomic mass is 19.4. The molecule has 0 spiro atoms. The molecule has 2 heterocycles. The SMILES string of the molecule is N#Cc1cc(N2C[C@H](O)C[C@@H]2c2ccccc2C(F)(F)F)ccn1. The third-order valence-corrected chi connectivity index (χ3v) is 4.09. The fourth-order valence-corrected chi connectivity index (χ4v) is 3.10. The van der Waals surface area contributed by atoms with Crippen LogP contribution in [0.3, 0.4) is 0 Å². The molecule has 1 saturated heterocycles. The molecule has 0 amide bonds. The van der Waals surface area contributed by atoms with Gasteiger partial charge in [0.25, 0.3) is 0 Å². The van der Waals surface area contributed by atoms with E-state index in [1.807, 2.05) is 6.07 Å². The van der Waals surface area contributed by atoms with Gasteiger partial charge in [-0.2, -0.15) is 18.4 Å². The molecule has 0 saturated carbocycles. The third-order valence-electron chi connectivity index (χ3n) is 4.09. The van der Waals surface area contributed by atoms with Crippen molar-refractivity contribution in [2.24, 2.45) is 0 Å². The first-order valence-electron chi connectivity index (χ1n) is 7.37. The summed E-state index contributed by atoms with van der Waals surface area (Å²) in [6.07, 6.45) is -3.58. The summed E-state index contributed by atoms with van der Waals surface area (Å²) in [5, 5.41) is 19.0. The van der Waals surface area contributed by atoms with Crippen LogP contribution < -0.4 is 4.90 Å². The van der Waals surface area contributed by atoms with Gasteiger partial charge in [-0.3, -0.25) is 0 Å². The number of nitriles is 1. The molecule has 24 heavy (non-hydrogen) atoms. The monoisotopic (exact) mass is 333 g/mol. The van der Waals surface area contributed by atoms with Gasteiger partial charge in [0.2, 0.25) is 0 Å². The number of pyridine rings is 1. The smallest absolute Gasteiger partial charge is 0.391 e. The number of aromatic nitrogens is 1. The minimum absolute atomic E-state index is 0.122. The molecule has 4 nitrogen and oxygen atoms in total. The van der Waals surface area contributed by atoms with Crippen molar-refractivity contribution >= 4 is 5.69 Å². The molecule has 0 unspecified atom stereocenters. The van der Waals surface area contributed by atoms with Crippen LogP contribution in [0.2, 0.25) is 0 Å². The number of nitrogens with zero attached hydrogens (tertiary/aromatic N) is 3. The quantitative estimate of drug-likeness (QED) is 0.916. The fourth-order valence-electron chi connectivity index (χ4n) is 3.10. The highest BCUT2D eigenvalue weighted by molar-refractivity contribution is 5.53. The van der Waals surface area contributed by atoms with Crippen LogP contribution in [0, 0.1) is 11.3 Å². The molecule has 1 fully saturated rings. The van der Waals surface area contributed by atoms with E-state index in [4.69, 9.17) is 5.26 Å². The molecule has 3 rings (SSSR count). The van der Waals surface area contributed by atoms with Crippen LogP contribution in [0.5, 0.6) is 0 Å². The van der Waals surface area contributed by atoms with Crippen molar-refractivity contribution in [3.8, 4) is 6.07 Å². The second-order valence-corrected chi connectivity index (χ2v) is 5.65. The Hall–Kier alpha value is -2.59. The van der Waals surface area contributed by atoms with E-state index in [0.717, 1.165) is 6.07 Å². The van der Waals surface area contributed by atoms with Crippen LogP contribution in [0.4, 0.5) is 18.9 Å².